The number of amides is 1. The van der Waals surface area contributed by atoms with E-state index in [1.807, 2.05) is 35.2 Å². The number of nitrogens with zero attached hydrogens (tertiary/aromatic N) is 1. The summed E-state index contributed by atoms with van der Waals surface area (Å²) in [4.78, 5) is 14.1. The van der Waals surface area contributed by atoms with Crippen LogP contribution in [0.4, 0.5) is 0 Å². The van der Waals surface area contributed by atoms with E-state index < -0.39 is 0 Å². The van der Waals surface area contributed by atoms with Crippen LogP contribution in [0.1, 0.15) is 40.0 Å². The van der Waals surface area contributed by atoms with Crippen molar-refractivity contribution in [2.75, 3.05) is 13.1 Å². The molecule has 0 atom stereocenters. The minimum Gasteiger partial charge on any atom is -0.490 e. The normalized spacial score (nSPS) is 17.1. The summed E-state index contributed by atoms with van der Waals surface area (Å²) in [6, 6.07) is 9.92. The molecule has 0 radical (unpaired) electrons. The third-order valence-corrected chi connectivity index (χ3v) is 3.52. The lowest BCUT2D eigenvalue weighted by atomic mass is 9.91. The van der Waals surface area contributed by atoms with Gasteiger partial charge in [0.25, 0.3) is 0 Å². The highest BCUT2D eigenvalue weighted by atomic mass is 16.5. The Hall–Kier alpha value is -1.51. The zero-order valence-electron chi connectivity index (χ0n) is 12.8. The van der Waals surface area contributed by atoms with Crippen LogP contribution in [0.5, 0.6) is 5.75 Å². The lowest BCUT2D eigenvalue weighted by Gasteiger charge is -2.33. The van der Waals surface area contributed by atoms with Crippen LogP contribution < -0.4 is 4.74 Å². The molecule has 2 rings (SSSR count). The van der Waals surface area contributed by atoms with Crippen molar-refractivity contribution < 1.29 is 9.53 Å². The summed E-state index contributed by atoms with van der Waals surface area (Å²) in [5, 5.41) is 0. The van der Waals surface area contributed by atoms with Crippen LogP contribution in [0.2, 0.25) is 0 Å². The minimum absolute atomic E-state index is 0.0640. The molecular weight excluding hydrogens is 250 g/mol. The first-order valence-electron chi connectivity index (χ1n) is 7.43. The molecule has 0 spiro atoms. The Bertz CT molecular complexity index is 428. The second-order valence-electron chi connectivity index (χ2n) is 6.75. The highest BCUT2D eigenvalue weighted by Gasteiger charge is 2.26. The van der Waals surface area contributed by atoms with Gasteiger partial charge in [-0.05, 0) is 17.5 Å². The Labute approximate surface area is 121 Å². The van der Waals surface area contributed by atoms with E-state index in [0.717, 1.165) is 31.7 Å². The van der Waals surface area contributed by atoms with E-state index >= 15 is 0 Å². The Balaban J connectivity index is 1.79. The fourth-order valence-corrected chi connectivity index (χ4v) is 2.48. The summed E-state index contributed by atoms with van der Waals surface area (Å²) < 4.78 is 5.95. The summed E-state index contributed by atoms with van der Waals surface area (Å²) in [5.74, 6) is 1.20. The van der Waals surface area contributed by atoms with Crippen LogP contribution in [0, 0.1) is 5.41 Å². The van der Waals surface area contributed by atoms with Crippen LogP contribution in [0.3, 0.4) is 0 Å². The zero-order chi connectivity index (χ0) is 14.6. The molecule has 0 saturated carbocycles. The molecule has 3 nitrogen and oxygen atoms in total. The molecule has 0 aliphatic carbocycles. The van der Waals surface area contributed by atoms with Crippen molar-refractivity contribution in [2.24, 2.45) is 5.41 Å². The Morgan fingerprint density at radius 1 is 1.20 bits per heavy atom. The topological polar surface area (TPSA) is 29.5 Å². The van der Waals surface area contributed by atoms with Crippen LogP contribution in [0.15, 0.2) is 30.3 Å². The van der Waals surface area contributed by atoms with Crippen molar-refractivity contribution in [3.8, 4) is 5.75 Å². The van der Waals surface area contributed by atoms with Gasteiger partial charge in [-0.15, -0.1) is 0 Å². The first-order valence-corrected chi connectivity index (χ1v) is 7.43. The van der Waals surface area contributed by atoms with E-state index in [4.69, 9.17) is 4.74 Å². The van der Waals surface area contributed by atoms with Crippen LogP contribution in [-0.2, 0) is 4.79 Å². The van der Waals surface area contributed by atoms with E-state index in [9.17, 15) is 4.79 Å². The Morgan fingerprint density at radius 3 is 2.35 bits per heavy atom. The summed E-state index contributed by atoms with van der Waals surface area (Å²) in [6.45, 7) is 7.95. The van der Waals surface area contributed by atoms with E-state index in [2.05, 4.69) is 20.8 Å². The monoisotopic (exact) mass is 275 g/mol. The summed E-state index contributed by atoms with van der Waals surface area (Å²) in [7, 11) is 0. The van der Waals surface area contributed by atoms with E-state index in [1.165, 1.54) is 0 Å². The lowest BCUT2D eigenvalue weighted by molar-refractivity contribution is -0.134. The van der Waals surface area contributed by atoms with Gasteiger partial charge in [-0.25, -0.2) is 0 Å². The maximum atomic E-state index is 12.2. The second-order valence-corrected chi connectivity index (χ2v) is 6.75. The predicted molar refractivity (Wildman–Crippen MR) is 80.7 cm³/mol. The van der Waals surface area contributed by atoms with E-state index in [-0.39, 0.29) is 17.4 Å². The smallest absolute Gasteiger partial charge is 0.223 e. The molecule has 3 heteroatoms. The molecule has 1 aromatic rings. The Morgan fingerprint density at radius 2 is 1.80 bits per heavy atom. The number of piperidine rings is 1. The van der Waals surface area contributed by atoms with Crippen molar-refractivity contribution in [1.29, 1.82) is 0 Å². The highest BCUT2D eigenvalue weighted by Crippen LogP contribution is 2.23. The second kappa shape index (κ2) is 6.29. The third kappa shape index (κ3) is 4.55. The third-order valence-electron chi connectivity index (χ3n) is 3.52. The molecule has 1 aliphatic rings. The first-order chi connectivity index (χ1) is 9.44. The highest BCUT2D eigenvalue weighted by molar-refractivity contribution is 5.76. The van der Waals surface area contributed by atoms with Crippen molar-refractivity contribution in [2.45, 2.75) is 46.1 Å². The number of benzene rings is 1. The van der Waals surface area contributed by atoms with Gasteiger partial charge in [0.15, 0.2) is 0 Å². The molecule has 0 bridgehead atoms. The standard InChI is InChI=1S/C17H25NO2/c1-17(2,3)13-16(19)18-11-9-15(10-12-18)20-14-7-5-4-6-8-14/h4-8,15H,9-13H2,1-3H3. The average molecular weight is 275 g/mol. The number of hydrogen-bond donors (Lipinski definition) is 0. The zero-order valence-corrected chi connectivity index (χ0v) is 12.8. The lowest BCUT2D eigenvalue weighted by Crippen LogP contribution is -2.42. The number of carbonyl (C=O) groups is 1. The molecular formula is C17H25NO2. The molecule has 1 amide bonds. The number of ether oxygens (including phenoxy) is 1. The Kier molecular flexibility index (Phi) is 4.69. The van der Waals surface area contributed by atoms with Gasteiger partial charge in [0.1, 0.15) is 11.9 Å². The molecule has 0 N–H and O–H groups in total. The molecule has 0 aromatic heterocycles. The fraction of sp³-hybridized carbons (Fsp3) is 0.588. The molecule has 110 valence electrons. The molecule has 1 heterocycles. The summed E-state index contributed by atoms with van der Waals surface area (Å²) in [6.07, 6.45) is 2.70. The molecule has 1 saturated heterocycles. The number of hydrogen-bond acceptors (Lipinski definition) is 2. The van der Waals surface area contributed by atoms with Crippen LogP contribution in [-0.4, -0.2) is 30.0 Å². The van der Waals surface area contributed by atoms with Gasteiger partial charge in [0, 0.05) is 32.4 Å². The van der Waals surface area contributed by atoms with Gasteiger partial charge in [0.2, 0.25) is 5.91 Å². The van der Waals surface area contributed by atoms with Crippen molar-refractivity contribution in [3.63, 3.8) is 0 Å². The molecule has 1 aliphatic heterocycles. The summed E-state index contributed by atoms with van der Waals surface area (Å²) >= 11 is 0. The van der Waals surface area contributed by atoms with E-state index in [1.54, 1.807) is 0 Å². The van der Waals surface area contributed by atoms with Gasteiger partial charge in [0.05, 0.1) is 0 Å². The van der Waals surface area contributed by atoms with Gasteiger partial charge in [-0.1, -0.05) is 39.0 Å². The largest absolute Gasteiger partial charge is 0.490 e. The molecule has 0 unspecified atom stereocenters. The quantitative estimate of drug-likeness (QED) is 0.845. The van der Waals surface area contributed by atoms with Crippen molar-refractivity contribution in [3.05, 3.63) is 30.3 Å². The molecule has 20 heavy (non-hydrogen) atoms. The fourth-order valence-electron chi connectivity index (χ4n) is 2.48. The van der Waals surface area contributed by atoms with Gasteiger partial charge < -0.3 is 9.64 Å². The minimum atomic E-state index is 0.0640. The number of para-hydroxylation sites is 1. The van der Waals surface area contributed by atoms with Crippen molar-refractivity contribution in [1.82, 2.24) is 4.90 Å². The van der Waals surface area contributed by atoms with Crippen molar-refractivity contribution >= 4 is 5.91 Å². The van der Waals surface area contributed by atoms with E-state index in [0.29, 0.717) is 6.42 Å². The van der Waals surface area contributed by atoms with Crippen LogP contribution in [0.25, 0.3) is 0 Å². The SMILES string of the molecule is CC(C)(C)CC(=O)N1CCC(Oc2ccccc2)CC1. The van der Waals surface area contributed by atoms with Gasteiger partial charge in [-0.2, -0.15) is 0 Å². The first kappa shape index (κ1) is 14.9. The number of likely N-dealkylation sites (tertiary alicyclic amines) is 1. The average Bonchev–Trinajstić information content (AvgIpc) is 2.39. The maximum absolute atomic E-state index is 12.2. The van der Waals surface area contributed by atoms with Crippen LogP contribution >= 0.6 is 0 Å². The number of rotatable bonds is 3. The summed E-state index contributed by atoms with van der Waals surface area (Å²) in [5.41, 5.74) is 0.0640. The number of carbonyl (C=O) groups excluding carboxylic acids is 1. The molecule has 1 fully saturated rings. The van der Waals surface area contributed by atoms with Gasteiger partial charge >= 0.3 is 0 Å². The molecule has 1 aromatic carbocycles. The van der Waals surface area contributed by atoms with Gasteiger partial charge in [-0.3, -0.25) is 4.79 Å². The maximum Gasteiger partial charge on any atom is 0.223 e. The predicted octanol–water partition coefficient (Wildman–Crippen LogP) is 3.49.